The molecule has 1 aliphatic carbocycles. The lowest BCUT2D eigenvalue weighted by atomic mass is 9.94. The minimum Gasteiger partial charge on any atom is -0.339 e. The van der Waals surface area contributed by atoms with Crippen LogP contribution in [-0.2, 0) is 6.42 Å². The highest BCUT2D eigenvalue weighted by molar-refractivity contribution is 5.14. The van der Waals surface area contributed by atoms with Crippen LogP contribution in [0.1, 0.15) is 70.5 Å². The van der Waals surface area contributed by atoms with Crippen molar-refractivity contribution in [2.45, 2.75) is 65.2 Å². The van der Waals surface area contributed by atoms with Crippen LogP contribution >= 0.6 is 0 Å². The Hall–Kier alpha value is -0.900. The van der Waals surface area contributed by atoms with E-state index in [1.807, 2.05) is 0 Å². The van der Waals surface area contributed by atoms with E-state index in [1.54, 1.807) is 0 Å². The maximum atomic E-state index is 5.66. The van der Waals surface area contributed by atoms with Crippen molar-refractivity contribution in [3.05, 3.63) is 11.7 Å². The van der Waals surface area contributed by atoms with Crippen LogP contribution in [0, 0.1) is 11.3 Å². The third-order valence-corrected chi connectivity index (χ3v) is 4.35. The van der Waals surface area contributed by atoms with Crippen molar-refractivity contribution >= 4 is 0 Å². The molecule has 1 aromatic rings. The summed E-state index contributed by atoms with van der Waals surface area (Å²) in [4.78, 5) is 4.55. The average molecular weight is 265 g/mol. The number of nitrogens with zero attached hydrogens (tertiary/aromatic N) is 2. The average Bonchev–Trinajstić information content (AvgIpc) is 2.80. The van der Waals surface area contributed by atoms with Gasteiger partial charge < -0.3 is 10.3 Å². The van der Waals surface area contributed by atoms with Crippen LogP contribution in [0.4, 0.5) is 0 Å². The molecule has 0 radical (unpaired) electrons. The predicted octanol–water partition coefficient (Wildman–Crippen LogP) is 3.28. The van der Waals surface area contributed by atoms with Crippen LogP contribution in [-0.4, -0.2) is 16.7 Å². The van der Waals surface area contributed by atoms with E-state index < -0.39 is 0 Å². The maximum absolute atomic E-state index is 5.66. The minimum atomic E-state index is 0.367. The van der Waals surface area contributed by atoms with Crippen molar-refractivity contribution in [1.29, 1.82) is 0 Å². The van der Waals surface area contributed by atoms with Gasteiger partial charge in [-0.25, -0.2) is 0 Å². The Bertz CT molecular complexity index is 394. The second-order valence-corrected chi connectivity index (χ2v) is 6.56. The molecule has 0 amide bonds. The Morgan fingerprint density at radius 1 is 1.37 bits per heavy atom. The van der Waals surface area contributed by atoms with Gasteiger partial charge in [0.15, 0.2) is 5.82 Å². The van der Waals surface area contributed by atoms with Crippen LogP contribution in [0.25, 0.3) is 0 Å². The van der Waals surface area contributed by atoms with Gasteiger partial charge in [0.2, 0.25) is 5.89 Å². The lowest BCUT2D eigenvalue weighted by Gasteiger charge is -2.13. The highest BCUT2D eigenvalue weighted by Gasteiger charge is 2.49. The smallest absolute Gasteiger partial charge is 0.226 e. The Balaban J connectivity index is 1.83. The van der Waals surface area contributed by atoms with Gasteiger partial charge in [-0.2, -0.15) is 4.98 Å². The van der Waals surface area contributed by atoms with Crippen molar-refractivity contribution in [3.63, 3.8) is 0 Å². The van der Waals surface area contributed by atoms with Gasteiger partial charge in [0.05, 0.1) is 0 Å². The lowest BCUT2D eigenvalue weighted by Crippen LogP contribution is -2.09. The highest BCUT2D eigenvalue weighted by Crippen LogP contribution is 2.57. The van der Waals surface area contributed by atoms with Crippen LogP contribution in [0.2, 0.25) is 0 Å². The zero-order valence-corrected chi connectivity index (χ0v) is 12.5. The van der Waals surface area contributed by atoms with E-state index in [4.69, 9.17) is 10.3 Å². The molecule has 108 valence electrons. The van der Waals surface area contributed by atoms with Gasteiger partial charge in [-0.1, -0.05) is 38.8 Å². The fraction of sp³-hybridized carbons (Fsp3) is 0.867. The Morgan fingerprint density at radius 2 is 2.11 bits per heavy atom. The molecule has 4 heteroatoms. The van der Waals surface area contributed by atoms with Crippen LogP contribution in [0.3, 0.4) is 0 Å². The fourth-order valence-electron chi connectivity index (χ4n) is 2.82. The second kappa shape index (κ2) is 6.04. The number of aromatic nitrogens is 2. The molecule has 2 unspecified atom stereocenters. The Kier molecular flexibility index (Phi) is 4.61. The molecule has 0 bridgehead atoms. The van der Waals surface area contributed by atoms with Gasteiger partial charge in [0.25, 0.3) is 0 Å². The zero-order chi connectivity index (χ0) is 13.9. The number of nitrogens with two attached hydrogens (primary N) is 1. The molecule has 2 N–H and O–H groups in total. The quantitative estimate of drug-likeness (QED) is 0.783. The summed E-state index contributed by atoms with van der Waals surface area (Å²) in [5, 5.41) is 4.13. The van der Waals surface area contributed by atoms with Crippen LogP contribution in [0.5, 0.6) is 0 Å². The third-order valence-electron chi connectivity index (χ3n) is 4.35. The normalized spacial score (nSPS) is 22.4. The van der Waals surface area contributed by atoms with E-state index in [-0.39, 0.29) is 0 Å². The summed E-state index contributed by atoms with van der Waals surface area (Å²) in [6.07, 6.45) is 6.75. The third kappa shape index (κ3) is 3.78. The van der Waals surface area contributed by atoms with Gasteiger partial charge in [-0.3, -0.25) is 0 Å². The highest BCUT2D eigenvalue weighted by atomic mass is 16.5. The number of hydrogen-bond donors (Lipinski definition) is 1. The molecular formula is C15H27N3O. The van der Waals surface area contributed by atoms with Crippen LogP contribution in [0.15, 0.2) is 4.52 Å². The van der Waals surface area contributed by atoms with E-state index in [1.165, 1.54) is 19.3 Å². The van der Waals surface area contributed by atoms with Gasteiger partial charge >= 0.3 is 0 Å². The zero-order valence-electron chi connectivity index (χ0n) is 12.5. The van der Waals surface area contributed by atoms with Crippen molar-refractivity contribution in [1.82, 2.24) is 10.1 Å². The van der Waals surface area contributed by atoms with Gasteiger partial charge in [-0.05, 0) is 37.1 Å². The molecule has 4 nitrogen and oxygen atoms in total. The predicted molar refractivity (Wildman–Crippen MR) is 75.8 cm³/mol. The molecular weight excluding hydrogens is 238 g/mol. The van der Waals surface area contributed by atoms with Crippen molar-refractivity contribution in [3.8, 4) is 0 Å². The van der Waals surface area contributed by atoms with E-state index in [2.05, 4.69) is 30.9 Å². The standard InChI is InChI=1S/C15H27N3O/c1-4-5-11(8-9-16)6-7-13-17-14(18-19-13)12-10-15(12,2)3/h11-12H,4-10,16H2,1-3H3. The first-order chi connectivity index (χ1) is 9.06. The van der Waals surface area contributed by atoms with Crippen molar-refractivity contribution < 1.29 is 4.52 Å². The lowest BCUT2D eigenvalue weighted by molar-refractivity contribution is 0.345. The number of hydrogen-bond acceptors (Lipinski definition) is 4. The first-order valence-corrected chi connectivity index (χ1v) is 7.59. The summed E-state index contributed by atoms with van der Waals surface area (Å²) in [6, 6.07) is 0. The SMILES string of the molecule is CCCC(CCN)CCc1nc(C2CC2(C)C)no1. The molecule has 0 spiro atoms. The molecule has 1 saturated carbocycles. The molecule has 1 fully saturated rings. The summed E-state index contributed by atoms with van der Waals surface area (Å²) in [5.74, 6) is 2.91. The van der Waals surface area contributed by atoms with Crippen molar-refractivity contribution in [2.75, 3.05) is 6.54 Å². The molecule has 1 aromatic heterocycles. The van der Waals surface area contributed by atoms with Crippen molar-refractivity contribution in [2.24, 2.45) is 17.1 Å². The molecule has 0 aromatic carbocycles. The molecule has 2 atom stereocenters. The van der Waals surface area contributed by atoms with E-state index in [0.29, 0.717) is 17.3 Å². The largest absolute Gasteiger partial charge is 0.339 e. The number of aryl methyl sites for hydroxylation is 1. The van der Waals surface area contributed by atoms with Crippen LogP contribution < -0.4 is 5.73 Å². The minimum absolute atomic E-state index is 0.367. The summed E-state index contributed by atoms with van der Waals surface area (Å²) in [7, 11) is 0. The maximum Gasteiger partial charge on any atom is 0.226 e. The second-order valence-electron chi connectivity index (χ2n) is 6.56. The van der Waals surface area contributed by atoms with E-state index in [0.717, 1.165) is 37.5 Å². The monoisotopic (exact) mass is 265 g/mol. The molecule has 19 heavy (non-hydrogen) atoms. The first-order valence-electron chi connectivity index (χ1n) is 7.59. The summed E-state index contributed by atoms with van der Waals surface area (Å²) in [5.41, 5.74) is 6.03. The first kappa shape index (κ1) is 14.5. The summed E-state index contributed by atoms with van der Waals surface area (Å²) in [6.45, 7) is 7.51. The summed E-state index contributed by atoms with van der Waals surface area (Å²) >= 11 is 0. The molecule has 2 rings (SSSR count). The fourth-order valence-corrected chi connectivity index (χ4v) is 2.82. The molecule has 0 aliphatic heterocycles. The Labute approximate surface area is 116 Å². The van der Waals surface area contributed by atoms with E-state index in [9.17, 15) is 0 Å². The Morgan fingerprint density at radius 3 is 2.68 bits per heavy atom. The van der Waals surface area contributed by atoms with Gasteiger partial charge in [0, 0.05) is 12.3 Å². The van der Waals surface area contributed by atoms with E-state index >= 15 is 0 Å². The van der Waals surface area contributed by atoms with Gasteiger partial charge in [0.1, 0.15) is 0 Å². The number of rotatable bonds is 8. The summed E-state index contributed by atoms with van der Waals surface area (Å²) < 4.78 is 5.37. The van der Waals surface area contributed by atoms with Gasteiger partial charge in [-0.15, -0.1) is 0 Å². The molecule has 0 saturated heterocycles. The molecule has 1 heterocycles. The topological polar surface area (TPSA) is 64.9 Å². The molecule has 1 aliphatic rings.